The van der Waals surface area contributed by atoms with Crippen LogP contribution in [0.1, 0.15) is 32.9 Å². The fraction of sp³-hybridized carbons (Fsp3) is 0.500. The van der Waals surface area contributed by atoms with Crippen LogP contribution >= 0.6 is 33.9 Å². The van der Waals surface area contributed by atoms with Gasteiger partial charge in [-0.15, -0.1) is 11.3 Å². The zero-order valence-corrected chi connectivity index (χ0v) is 15.0. The molecule has 0 spiro atoms. The first kappa shape index (κ1) is 15.6. The summed E-state index contributed by atoms with van der Waals surface area (Å²) in [6.45, 7) is 7.49. The van der Waals surface area contributed by atoms with Gasteiger partial charge in [0, 0.05) is 18.1 Å². The molecule has 0 radical (unpaired) electrons. The summed E-state index contributed by atoms with van der Waals surface area (Å²) in [5.74, 6) is 2.24. The fourth-order valence-corrected chi connectivity index (χ4v) is 3.03. The van der Waals surface area contributed by atoms with Crippen LogP contribution in [0.15, 0.2) is 11.6 Å². The van der Waals surface area contributed by atoms with Gasteiger partial charge in [0.15, 0.2) is 10.8 Å². The molecule has 0 bridgehead atoms. The second-order valence-corrected chi connectivity index (χ2v) is 6.99. The van der Waals surface area contributed by atoms with Crippen molar-refractivity contribution in [2.24, 2.45) is 5.92 Å². The highest BCUT2D eigenvalue weighted by atomic mass is 127. The van der Waals surface area contributed by atoms with E-state index < -0.39 is 0 Å². The summed E-state index contributed by atoms with van der Waals surface area (Å²) in [6, 6.07) is 0. The zero-order valence-electron chi connectivity index (χ0n) is 12.0. The van der Waals surface area contributed by atoms with Gasteiger partial charge in [0.1, 0.15) is 5.82 Å². The van der Waals surface area contributed by atoms with Crippen molar-refractivity contribution in [2.45, 2.75) is 33.6 Å². The summed E-state index contributed by atoms with van der Waals surface area (Å²) < 4.78 is 1.13. The largest absolute Gasteiger partial charge is 0.369 e. The van der Waals surface area contributed by atoms with E-state index in [9.17, 15) is 0 Å². The lowest BCUT2D eigenvalue weighted by Crippen LogP contribution is -2.10. The van der Waals surface area contributed by atoms with Gasteiger partial charge >= 0.3 is 0 Å². The molecule has 0 aliphatic rings. The second-order valence-electron chi connectivity index (χ2n) is 5.02. The molecule has 0 aliphatic carbocycles. The number of nitrogens with zero attached hydrogens (tertiary/aromatic N) is 3. The van der Waals surface area contributed by atoms with E-state index in [2.05, 4.69) is 58.6 Å². The third-order valence-corrected chi connectivity index (χ3v) is 4.59. The number of anilines is 1. The first-order valence-electron chi connectivity index (χ1n) is 6.82. The van der Waals surface area contributed by atoms with E-state index in [0.29, 0.717) is 5.92 Å². The molecule has 4 nitrogen and oxygen atoms in total. The van der Waals surface area contributed by atoms with Crippen molar-refractivity contribution >= 4 is 39.7 Å². The van der Waals surface area contributed by atoms with E-state index >= 15 is 0 Å². The normalized spacial score (nSPS) is 11.1. The lowest BCUT2D eigenvalue weighted by molar-refractivity contribution is 0.632. The van der Waals surface area contributed by atoms with Crippen molar-refractivity contribution in [1.29, 1.82) is 0 Å². The highest BCUT2D eigenvalue weighted by Crippen LogP contribution is 2.26. The topological polar surface area (TPSA) is 50.7 Å². The molecule has 20 heavy (non-hydrogen) atoms. The molecule has 0 saturated carbocycles. The molecule has 0 atom stereocenters. The second kappa shape index (κ2) is 7.31. The smallest absolute Gasteiger partial charge is 0.190 e. The molecule has 0 amide bonds. The summed E-state index contributed by atoms with van der Waals surface area (Å²) in [7, 11) is 0. The number of nitrogens with one attached hydrogen (secondary N) is 1. The number of aromatic nitrogens is 3. The van der Waals surface area contributed by atoms with E-state index in [1.165, 1.54) is 0 Å². The Morgan fingerprint density at radius 1 is 1.35 bits per heavy atom. The number of hydrogen-bond acceptors (Lipinski definition) is 5. The molecule has 6 heteroatoms. The number of rotatable bonds is 6. The van der Waals surface area contributed by atoms with Crippen LogP contribution in [0.4, 0.5) is 5.82 Å². The summed E-state index contributed by atoms with van der Waals surface area (Å²) in [5, 5.41) is 6.23. The molecule has 2 heterocycles. The Morgan fingerprint density at radius 3 is 2.75 bits per heavy atom. The van der Waals surface area contributed by atoms with Crippen LogP contribution in [0.25, 0.3) is 10.8 Å². The van der Waals surface area contributed by atoms with Crippen molar-refractivity contribution in [2.75, 3.05) is 11.9 Å². The third-order valence-electron chi connectivity index (χ3n) is 2.69. The molecule has 0 saturated heterocycles. The van der Waals surface area contributed by atoms with Crippen LogP contribution in [-0.4, -0.2) is 21.5 Å². The van der Waals surface area contributed by atoms with Crippen molar-refractivity contribution in [3.63, 3.8) is 0 Å². The average Bonchev–Trinajstić information content (AvgIpc) is 2.93. The molecule has 2 aromatic rings. The first-order chi connectivity index (χ1) is 9.61. The van der Waals surface area contributed by atoms with E-state index in [-0.39, 0.29) is 0 Å². The Hall–Kier alpha value is -0.760. The van der Waals surface area contributed by atoms with Gasteiger partial charge < -0.3 is 5.32 Å². The summed E-state index contributed by atoms with van der Waals surface area (Å²) >= 11 is 3.92. The average molecular weight is 402 g/mol. The van der Waals surface area contributed by atoms with Gasteiger partial charge in [0.2, 0.25) is 0 Å². The molecule has 0 aliphatic heterocycles. The quantitative estimate of drug-likeness (QED) is 0.735. The van der Waals surface area contributed by atoms with Crippen LogP contribution in [0.3, 0.4) is 0 Å². The van der Waals surface area contributed by atoms with Gasteiger partial charge in [-0.2, -0.15) is 0 Å². The molecule has 2 rings (SSSR count). The Kier molecular flexibility index (Phi) is 5.71. The van der Waals surface area contributed by atoms with Crippen LogP contribution in [-0.2, 0) is 6.42 Å². The Labute approximate surface area is 137 Å². The van der Waals surface area contributed by atoms with Crippen LogP contribution in [0.5, 0.6) is 0 Å². The monoisotopic (exact) mass is 402 g/mol. The lowest BCUT2D eigenvalue weighted by Gasteiger charge is -2.13. The van der Waals surface area contributed by atoms with Gasteiger partial charge in [-0.1, -0.05) is 20.8 Å². The Bertz CT molecular complexity index is 555. The van der Waals surface area contributed by atoms with Crippen molar-refractivity contribution < 1.29 is 0 Å². The maximum atomic E-state index is 4.71. The molecule has 1 N–H and O–H groups in total. The Balaban J connectivity index is 2.42. The predicted octanol–water partition coefficient (Wildman–Crippen LogP) is 4.23. The van der Waals surface area contributed by atoms with Gasteiger partial charge in [-0.05, 0) is 41.4 Å². The molecule has 0 unspecified atom stereocenters. The van der Waals surface area contributed by atoms with Crippen LogP contribution in [0.2, 0.25) is 0 Å². The first-order valence-corrected chi connectivity index (χ1v) is 8.77. The van der Waals surface area contributed by atoms with E-state index in [1.54, 1.807) is 17.5 Å². The molecule has 0 aromatic carbocycles. The number of thiazole rings is 1. The summed E-state index contributed by atoms with van der Waals surface area (Å²) in [5.41, 5.74) is 1.11. The molecule has 0 fully saturated rings. The van der Waals surface area contributed by atoms with Gasteiger partial charge in [0.05, 0.1) is 9.26 Å². The SMILES string of the molecule is CCCNc1nc(-c2nccs2)nc(CC(C)C)c1I. The molecule has 2 aromatic heterocycles. The van der Waals surface area contributed by atoms with E-state index in [1.807, 2.05) is 5.38 Å². The van der Waals surface area contributed by atoms with Crippen molar-refractivity contribution in [1.82, 2.24) is 15.0 Å². The molecular weight excluding hydrogens is 383 g/mol. The lowest BCUT2D eigenvalue weighted by atomic mass is 10.1. The Morgan fingerprint density at radius 2 is 2.15 bits per heavy atom. The van der Waals surface area contributed by atoms with Crippen LogP contribution < -0.4 is 5.32 Å². The van der Waals surface area contributed by atoms with Crippen molar-refractivity contribution in [3.8, 4) is 10.8 Å². The predicted molar refractivity (Wildman–Crippen MR) is 93.2 cm³/mol. The summed E-state index contributed by atoms with van der Waals surface area (Å²) in [6.07, 6.45) is 3.83. The third kappa shape index (κ3) is 3.88. The number of hydrogen-bond donors (Lipinski definition) is 1. The summed E-state index contributed by atoms with van der Waals surface area (Å²) in [4.78, 5) is 13.7. The maximum absolute atomic E-state index is 4.71. The zero-order chi connectivity index (χ0) is 14.5. The molecule has 108 valence electrons. The van der Waals surface area contributed by atoms with Crippen LogP contribution in [0, 0.1) is 9.49 Å². The van der Waals surface area contributed by atoms with E-state index in [4.69, 9.17) is 4.98 Å². The van der Waals surface area contributed by atoms with Gasteiger partial charge in [-0.3, -0.25) is 0 Å². The fourth-order valence-electron chi connectivity index (χ4n) is 1.81. The number of halogens is 1. The molecular formula is C14H19IN4S. The van der Waals surface area contributed by atoms with Crippen molar-refractivity contribution in [3.05, 3.63) is 20.8 Å². The highest BCUT2D eigenvalue weighted by molar-refractivity contribution is 14.1. The van der Waals surface area contributed by atoms with Gasteiger partial charge in [0.25, 0.3) is 0 Å². The van der Waals surface area contributed by atoms with E-state index in [0.717, 1.165) is 45.3 Å². The highest BCUT2D eigenvalue weighted by Gasteiger charge is 2.15. The van der Waals surface area contributed by atoms with Gasteiger partial charge in [-0.25, -0.2) is 15.0 Å². The minimum atomic E-state index is 0.571. The minimum Gasteiger partial charge on any atom is -0.369 e. The minimum absolute atomic E-state index is 0.571. The standard InChI is InChI=1S/C14H19IN4S/c1-4-5-16-12-11(15)10(8-9(2)3)18-13(19-12)14-17-6-7-20-14/h6-7,9H,4-5,8H2,1-3H3,(H,16,18,19). The maximum Gasteiger partial charge on any atom is 0.190 e.